The third-order valence-corrected chi connectivity index (χ3v) is 8.59. The van der Waals surface area contributed by atoms with Crippen LogP contribution in [0.2, 0.25) is 0 Å². The number of hydrogen-bond donors (Lipinski definition) is 2. The number of nitrogens with one attached hydrogen (secondary N) is 2. The maximum absolute atomic E-state index is 13.5. The normalized spacial score (nSPS) is 12.7. The Balaban J connectivity index is 1.62. The zero-order valence-corrected chi connectivity index (χ0v) is 23.8. The molecule has 2 aromatic carbocycles. The van der Waals surface area contributed by atoms with E-state index in [1.54, 1.807) is 26.0 Å². The van der Waals surface area contributed by atoms with Gasteiger partial charge in [-0.3, -0.25) is 9.52 Å². The van der Waals surface area contributed by atoms with Gasteiger partial charge < -0.3 is 24.4 Å². The number of para-hydroxylation sites is 1. The van der Waals surface area contributed by atoms with Crippen molar-refractivity contribution in [3.63, 3.8) is 0 Å². The Morgan fingerprint density at radius 1 is 1.00 bits per heavy atom. The van der Waals surface area contributed by atoms with Crippen molar-refractivity contribution in [2.75, 3.05) is 36.9 Å². The Kier molecular flexibility index (Phi) is 8.95. The lowest BCUT2D eigenvalue weighted by Crippen LogP contribution is -2.36. The third-order valence-electron chi connectivity index (χ3n) is 6.08. The summed E-state index contributed by atoms with van der Waals surface area (Å²) >= 11 is 1.16. The van der Waals surface area contributed by atoms with E-state index in [4.69, 9.17) is 14.2 Å². The number of anilines is 2. The van der Waals surface area contributed by atoms with Crippen molar-refractivity contribution in [2.24, 2.45) is 0 Å². The molecule has 3 aromatic rings. The minimum atomic E-state index is -4.02. The number of fused-ring (bicyclic) bond motifs is 1. The van der Waals surface area contributed by atoms with Crippen LogP contribution >= 0.6 is 11.3 Å². The lowest BCUT2D eigenvalue weighted by atomic mass is 10.0. The van der Waals surface area contributed by atoms with Gasteiger partial charge in [-0.2, -0.15) is 0 Å². The molecule has 0 saturated carbocycles. The molecule has 11 nitrogen and oxygen atoms in total. The molecule has 40 heavy (non-hydrogen) atoms. The van der Waals surface area contributed by atoms with Crippen LogP contribution in [0.15, 0.2) is 53.4 Å². The van der Waals surface area contributed by atoms with Gasteiger partial charge in [-0.25, -0.2) is 18.0 Å². The molecular weight excluding hydrogens is 558 g/mol. The highest BCUT2D eigenvalue weighted by Crippen LogP contribution is 2.38. The molecule has 0 spiro atoms. The van der Waals surface area contributed by atoms with Crippen molar-refractivity contribution in [3.8, 4) is 5.75 Å². The maximum Gasteiger partial charge on any atom is 0.410 e. The lowest BCUT2D eigenvalue weighted by molar-refractivity contribution is 0.0526. The number of ether oxygens (including phenoxy) is 3. The van der Waals surface area contributed by atoms with E-state index in [2.05, 4.69) is 10.0 Å². The second-order valence-corrected chi connectivity index (χ2v) is 11.4. The van der Waals surface area contributed by atoms with Crippen LogP contribution in [0.3, 0.4) is 0 Å². The SMILES string of the molecule is CCOC(=O)c1c(NC(=O)c2ccccc2NS(=O)(=O)c2ccc(OC)cc2)sc2c1CCN(C(=O)OCC)C2. The fraction of sp³-hybridized carbons (Fsp3) is 0.296. The predicted molar refractivity (Wildman–Crippen MR) is 150 cm³/mol. The number of carbonyl (C=O) groups excluding carboxylic acids is 3. The number of thiophene rings is 1. The molecule has 2 N–H and O–H groups in total. The fourth-order valence-corrected chi connectivity index (χ4v) is 6.51. The van der Waals surface area contributed by atoms with Gasteiger partial charge in [0.05, 0.1) is 48.6 Å². The maximum atomic E-state index is 13.5. The van der Waals surface area contributed by atoms with Gasteiger partial charge in [0, 0.05) is 11.4 Å². The van der Waals surface area contributed by atoms with Crippen LogP contribution in [0.4, 0.5) is 15.5 Å². The van der Waals surface area contributed by atoms with E-state index in [-0.39, 0.29) is 46.5 Å². The summed E-state index contributed by atoms with van der Waals surface area (Å²) in [5, 5.41) is 3.02. The summed E-state index contributed by atoms with van der Waals surface area (Å²) < 4.78 is 44.0. The van der Waals surface area contributed by atoms with Gasteiger partial charge in [0.1, 0.15) is 10.8 Å². The molecule has 0 radical (unpaired) electrons. The van der Waals surface area contributed by atoms with Gasteiger partial charge in [-0.05, 0) is 62.2 Å². The fourth-order valence-electron chi connectivity index (χ4n) is 4.18. The number of sulfonamides is 1. The molecular formula is C27H29N3O8S2. The number of nitrogens with zero attached hydrogens (tertiary/aromatic N) is 1. The Labute approximate surface area is 236 Å². The Bertz CT molecular complexity index is 1520. The smallest absolute Gasteiger partial charge is 0.410 e. The Hall–Kier alpha value is -4.10. The van der Waals surface area contributed by atoms with E-state index in [0.29, 0.717) is 24.3 Å². The van der Waals surface area contributed by atoms with Crippen LogP contribution in [0.1, 0.15) is 45.0 Å². The molecule has 0 bridgehead atoms. The highest BCUT2D eigenvalue weighted by atomic mass is 32.2. The third kappa shape index (κ3) is 6.20. The number of rotatable bonds is 9. The van der Waals surface area contributed by atoms with Crippen LogP contribution in [-0.2, 0) is 32.5 Å². The lowest BCUT2D eigenvalue weighted by Gasteiger charge is -2.26. The van der Waals surface area contributed by atoms with Gasteiger partial charge >= 0.3 is 12.1 Å². The molecule has 0 fully saturated rings. The van der Waals surface area contributed by atoms with Crippen LogP contribution in [-0.4, -0.2) is 58.2 Å². The van der Waals surface area contributed by atoms with E-state index in [1.165, 1.54) is 48.4 Å². The van der Waals surface area contributed by atoms with Crippen molar-refractivity contribution < 1.29 is 37.0 Å². The van der Waals surface area contributed by atoms with Gasteiger partial charge in [0.2, 0.25) is 0 Å². The predicted octanol–water partition coefficient (Wildman–Crippen LogP) is 4.50. The highest BCUT2D eigenvalue weighted by molar-refractivity contribution is 7.92. The quantitative estimate of drug-likeness (QED) is 0.349. The average Bonchev–Trinajstić information content (AvgIpc) is 3.30. The second kappa shape index (κ2) is 12.4. The van der Waals surface area contributed by atoms with Crippen LogP contribution in [0.5, 0.6) is 5.75 Å². The number of esters is 1. The van der Waals surface area contributed by atoms with Crippen LogP contribution in [0, 0.1) is 0 Å². The van der Waals surface area contributed by atoms with Crippen LogP contribution < -0.4 is 14.8 Å². The van der Waals surface area contributed by atoms with Crippen molar-refractivity contribution in [2.45, 2.75) is 31.7 Å². The Morgan fingerprint density at radius 2 is 1.70 bits per heavy atom. The zero-order chi connectivity index (χ0) is 28.9. The summed E-state index contributed by atoms with van der Waals surface area (Å²) in [7, 11) is -2.55. The topological polar surface area (TPSA) is 140 Å². The first kappa shape index (κ1) is 28.9. The highest BCUT2D eigenvalue weighted by Gasteiger charge is 2.32. The van der Waals surface area contributed by atoms with Crippen molar-refractivity contribution >= 4 is 50.0 Å². The summed E-state index contributed by atoms with van der Waals surface area (Å²) in [6.45, 7) is 4.35. The van der Waals surface area contributed by atoms with E-state index in [9.17, 15) is 22.8 Å². The summed E-state index contributed by atoms with van der Waals surface area (Å²) in [6.07, 6.45) is -0.0738. The molecule has 0 unspecified atom stereocenters. The number of benzene rings is 2. The summed E-state index contributed by atoms with van der Waals surface area (Å²) in [6, 6.07) is 12.0. The minimum absolute atomic E-state index is 0.00908. The molecule has 13 heteroatoms. The first-order chi connectivity index (χ1) is 19.2. The minimum Gasteiger partial charge on any atom is -0.497 e. The average molecular weight is 588 g/mol. The number of methoxy groups -OCH3 is 1. The first-order valence-electron chi connectivity index (χ1n) is 12.5. The molecule has 0 atom stereocenters. The number of hydrogen-bond acceptors (Lipinski definition) is 9. The van der Waals surface area contributed by atoms with Gasteiger partial charge in [-0.1, -0.05) is 12.1 Å². The monoisotopic (exact) mass is 587 g/mol. The molecule has 1 aromatic heterocycles. The standard InChI is InChI=1S/C27H29N3O8S2/c1-4-37-26(32)23-20-14-15-30(27(33)38-5-2)16-22(20)39-25(23)28-24(31)19-8-6-7-9-21(19)29-40(34,35)18-12-10-17(36-3)11-13-18/h6-13,29H,4-5,14-16H2,1-3H3,(H,28,31). The zero-order valence-electron chi connectivity index (χ0n) is 22.2. The van der Waals surface area contributed by atoms with E-state index in [0.717, 1.165) is 16.2 Å². The van der Waals surface area contributed by atoms with Gasteiger partial charge in [0.15, 0.2) is 0 Å². The van der Waals surface area contributed by atoms with E-state index >= 15 is 0 Å². The van der Waals surface area contributed by atoms with E-state index in [1.807, 2.05) is 0 Å². The molecule has 1 aliphatic rings. The molecule has 2 amide bonds. The summed E-state index contributed by atoms with van der Waals surface area (Å²) in [5.41, 5.74) is 1.04. The van der Waals surface area contributed by atoms with E-state index < -0.39 is 28.0 Å². The summed E-state index contributed by atoms with van der Waals surface area (Å²) in [5.74, 6) is -0.715. The number of carbonyl (C=O) groups is 3. The van der Waals surface area contributed by atoms with Crippen LogP contribution in [0.25, 0.3) is 0 Å². The first-order valence-corrected chi connectivity index (χ1v) is 14.8. The Morgan fingerprint density at radius 3 is 2.38 bits per heavy atom. The molecule has 0 aliphatic carbocycles. The molecule has 212 valence electrons. The number of amides is 2. The van der Waals surface area contributed by atoms with Gasteiger partial charge in [-0.15, -0.1) is 11.3 Å². The molecule has 2 heterocycles. The second-order valence-electron chi connectivity index (χ2n) is 8.58. The largest absolute Gasteiger partial charge is 0.497 e. The molecule has 1 aliphatic heterocycles. The van der Waals surface area contributed by atoms with Gasteiger partial charge in [0.25, 0.3) is 15.9 Å². The van der Waals surface area contributed by atoms with Crippen molar-refractivity contribution in [1.82, 2.24) is 4.90 Å². The molecule has 4 rings (SSSR count). The summed E-state index contributed by atoms with van der Waals surface area (Å²) in [4.78, 5) is 40.9. The van der Waals surface area contributed by atoms with Crippen molar-refractivity contribution in [3.05, 3.63) is 70.1 Å². The van der Waals surface area contributed by atoms with Crippen molar-refractivity contribution in [1.29, 1.82) is 0 Å². The molecule has 0 saturated heterocycles.